The van der Waals surface area contributed by atoms with Gasteiger partial charge in [-0.3, -0.25) is 4.79 Å². The zero-order chi connectivity index (χ0) is 18.6. The molecule has 1 aliphatic rings. The Balaban J connectivity index is 1.88. The Morgan fingerprint density at radius 3 is 2.60 bits per heavy atom. The first-order valence-electron chi connectivity index (χ1n) is 8.19. The maximum absolute atomic E-state index is 12.8. The summed E-state index contributed by atoms with van der Waals surface area (Å²) < 4.78 is 38.3. The summed E-state index contributed by atoms with van der Waals surface area (Å²) in [5, 5.41) is 5.33. The highest BCUT2D eigenvalue weighted by Crippen LogP contribution is 2.30. The van der Waals surface area contributed by atoms with Gasteiger partial charge < -0.3 is 15.5 Å². The number of amides is 3. The van der Waals surface area contributed by atoms with Crippen molar-refractivity contribution in [3.63, 3.8) is 0 Å². The van der Waals surface area contributed by atoms with Crippen molar-refractivity contribution in [2.24, 2.45) is 0 Å². The normalized spacial score (nSPS) is 17.3. The average Bonchev–Trinajstić information content (AvgIpc) is 2.91. The molecular weight excluding hydrogens is 335 g/mol. The van der Waals surface area contributed by atoms with Gasteiger partial charge in [-0.15, -0.1) is 0 Å². The van der Waals surface area contributed by atoms with E-state index in [4.69, 9.17) is 0 Å². The molecule has 1 aliphatic heterocycles. The molecular formula is C17H22F3N3O2. The monoisotopic (exact) mass is 357 g/mol. The molecule has 1 heterocycles. The van der Waals surface area contributed by atoms with Crippen molar-refractivity contribution in [3.8, 4) is 0 Å². The highest BCUT2D eigenvalue weighted by atomic mass is 19.4. The molecule has 0 radical (unpaired) electrons. The van der Waals surface area contributed by atoms with Gasteiger partial charge >= 0.3 is 12.2 Å². The Morgan fingerprint density at radius 2 is 2.00 bits per heavy atom. The van der Waals surface area contributed by atoms with Crippen LogP contribution < -0.4 is 10.6 Å². The van der Waals surface area contributed by atoms with E-state index in [0.29, 0.717) is 25.1 Å². The number of hydrogen-bond acceptors (Lipinski definition) is 2. The lowest BCUT2D eigenvalue weighted by Crippen LogP contribution is -2.46. The summed E-state index contributed by atoms with van der Waals surface area (Å²) in [7, 11) is 0. The van der Waals surface area contributed by atoms with Crippen molar-refractivity contribution < 1.29 is 22.8 Å². The maximum atomic E-state index is 12.8. The summed E-state index contributed by atoms with van der Waals surface area (Å²) in [6, 6.07) is 3.55. The number of carbonyl (C=O) groups is 2. The molecule has 25 heavy (non-hydrogen) atoms. The molecule has 8 heteroatoms. The Hall–Kier alpha value is -2.25. The minimum atomic E-state index is -4.42. The van der Waals surface area contributed by atoms with Crippen LogP contribution in [0.3, 0.4) is 0 Å². The van der Waals surface area contributed by atoms with Crippen LogP contribution >= 0.6 is 0 Å². The van der Waals surface area contributed by atoms with E-state index < -0.39 is 23.8 Å². The van der Waals surface area contributed by atoms with Gasteiger partial charge in [0.1, 0.15) is 0 Å². The second kappa shape index (κ2) is 7.76. The van der Waals surface area contributed by atoms with Crippen molar-refractivity contribution in [3.05, 3.63) is 35.4 Å². The number of benzene rings is 1. The standard InChI is InChI=1S/C17H22F3N3O2/c1-11(10-23-8-4-7-15(23)24)21-16(25)22-12(2)13-5-3-6-14(9-13)17(18,19)20/h3,5-6,9,11-12H,4,7-8,10H2,1-2H3,(H2,21,22,25)/t11-,12-/m0/s1. The topological polar surface area (TPSA) is 61.4 Å². The predicted molar refractivity (Wildman–Crippen MR) is 86.8 cm³/mol. The molecule has 1 fully saturated rings. The number of nitrogens with one attached hydrogen (secondary N) is 2. The van der Waals surface area contributed by atoms with Gasteiger partial charge in [0.25, 0.3) is 0 Å². The van der Waals surface area contributed by atoms with Crippen molar-refractivity contribution in [2.75, 3.05) is 13.1 Å². The highest BCUT2D eigenvalue weighted by Gasteiger charge is 2.30. The third-order valence-electron chi connectivity index (χ3n) is 4.10. The van der Waals surface area contributed by atoms with Gasteiger partial charge in [0.15, 0.2) is 0 Å². The maximum Gasteiger partial charge on any atom is 0.416 e. The first-order chi connectivity index (χ1) is 11.7. The molecule has 0 aromatic heterocycles. The Morgan fingerprint density at radius 1 is 1.28 bits per heavy atom. The van der Waals surface area contributed by atoms with Crippen LogP contribution in [0.15, 0.2) is 24.3 Å². The minimum absolute atomic E-state index is 0.0754. The molecule has 2 atom stereocenters. The predicted octanol–water partition coefficient (Wildman–Crippen LogP) is 3.08. The van der Waals surface area contributed by atoms with Crippen LogP contribution in [0.2, 0.25) is 0 Å². The van der Waals surface area contributed by atoms with E-state index in [-0.39, 0.29) is 11.9 Å². The van der Waals surface area contributed by atoms with Crippen LogP contribution in [0, 0.1) is 0 Å². The number of urea groups is 1. The van der Waals surface area contributed by atoms with Crippen molar-refractivity contribution in [1.82, 2.24) is 15.5 Å². The third kappa shape index (κ3) is 5.37. The second-order valence-electron chi connectivity index (χ2n) is 6.31. The molecule has 3 amide bonds. The molecule has 0 spiro atoms. The van der Waals surface area contributed by atoms with Crippen LogP contribution in [-0.4, -0.2) is 36.0 Å². The van der Waals surface area contributed by atoms with Gasteiger partial charge in [-0.05, 0) is 38.0 Å². The summed E-state index contributed by atoms with van der Waals surface area (Å²) >= 11 is 0. The van der Waals surface area contributed by atoms with E-state index in [0.717, 1.165) is 18.6 Å². The molecule has 2 rings (SSSR count). The van der Waals surface area contributed by atoms with E-state index in [1.165, 1.54) is 12.1 Å². The SMILES string of the molecule is C[C@H](NC(=O)N[C@@H](C)CN1CCCC1=O)c1cccc(C(F)(F)F)c1. The Bertz CT molecular complexity index is 634. The smallest absolute Gasteiger partial charge is 0.341 e. The van der Waals surface area contributed by atoms with Crippen molar-refractivity contribution >= 4 is 11.9 Å². The van der Waals surface area contributed by atoms with Gasteiger partial charge in [-0.25, -0.2) is 4.79 Å². The van der Waals surface area contributed by atoms with E-state index >= 15 is 0 Å². The van der Waals surface area contributed by atoms with E-state index in [9.17, 15) is 22.8 Å². The van der Waals surface area contributed by atoms with Crippen LogP contribution in [0.1, 0.15) is 43.9 Å². The Kier molecular flexibility index (Phi) is 5.92. The number of halogens is 3. The first kappa shape index (κ1) is 19.1. The number of alkyl halides is 3. The van der Waals surface area contributed by atoms with Crippen LogP contribution in [0.4, 0.5) is 18.0 Å². The molecule has 0 saturated carbocycles. The van der Waals surface area contributed by atoms with E-state index in [2.05, 4.69) is 10.6 Å². The second-order valence-corrected chi connectivity index (χ2v) is 6.31. The summed E-state index contributed by atoms with van der Waals surface area (Å²) in [6.07, 6.45) is -3.06. The lowest BCUT2D eigenvalue weighted by Gasteiger charge is -2.23. The molecule has 138 valence electrons. The van der Waals surface area contributed by atoms with Crippen molar-refractivity contribution in [1.29, 1.82) is 0 Å². The van der Waals surface area contributed by atoms with Gasteiger partial charge in [-0.2, -0.15) is 13.2 Å². The summed E-state index contributed by atoms with van der Waals surface area (Å²) in [5.74, 6) is 0.0754. The summed E-state index contributed by atoms with van der Waals surface area (Å²) in [4.78, 5) is 25.3. The largest absolute Gasteiger partial charge is 0.416 e. The van der Waals surface area contributed by atoms with Crippen LogP contribution in [0.25, 0.3) is 0 Å². The zero-order valence-corrected chi connectivity index (χ0v) is 14.2. The molecule has 1 saturated heterocycles. The Labute approximate surface area is 144 Å². The van der Waals surface area contributed by atoms with Crippen molar-refractivity contribution in [2.45, 2.75) is 44.9 Å². The van der Waals surface area contributed by atoms with Crippen LogP contribution in [0.5, 0.6) is 0 Å². The number of hydrogen-bond donors (Lipinski definition) is 2. The zero-order valence-electron chi connectivity index (χ0n) is 14.2. The highest BCUT2D eigenvalue weighted by molar-refractivity contribution is 5.78. The fourth-order valence-electron chi connectivity index (χ4n) is 2.80. The third-order valence-corrected chi connectivity index (χ3v) is 4.10. The number of rotatable bonds is 5. The van der Waals surface area contributed by atoms with Crippen LogP contribution in [-0.2, 0) is 11.0 Å². The molecule has 5 nitrogen and oxygen atoms in total. The lowest BCUT2D eigenvalue weighted by molar-refractivity contribution is -0.137. The minimum Gasteiger partial charge on any atom is -0.341 e. The quantitative estimate of drug-likeness (QED) is 0.851. The van der Waals surface area contributed by atoms with E-state index in [1.807, 2.05) is 0 Å². The van der Waals surface area contributed by atoms with Gasteiger partial charge in [0, 0.05) is 25.6 Å². The van der Waals surface area contributed by atoms with Gasteiger partial charge in [0.05, 0.1) is 11.6 Å². The number of likely N-dealkylation sites (tertiary alicyclic amines) is 1. The molecule has 0 aliphatic carbocycles. The average molecular weight is 357 g/mol. The summed E-state index contributed by atoms with van der Waals surface area (Å²) in [6.45, 7) is 4.50. The molecule has 0 unspecified atom stereocenters. The number of carbonyl (C=O) groups excluding carboxylic acids is 2. The molecule has 1 aromatic rings. The molecule has 2 N–H and O–H groups in total. The summed E-state index contributed by atoms with van der Waals surface area (Å²) in [5.41, 5.74) is -0.382. The molecule has 0 bridgehead atoms. The number of nitrogens with zero attached hydrogens (tertiary/aromatic N) is 1. The van der Waals surface area contributed by atoms with Gasteiger partial charge in [0.2, 0.25) is 5.91 Å². The first-order valence-corrected chi connectivity index (χ1v) is 8.19. The van der Waals surface area contributed by atoms with E-state index in [1.54, 1.807) is 18.7 Å². The van der Waals surface area contributed by atoms with Gasteiger partial charge in [-0.1, -0.05) is 12.1 Å². The fourth-order valence-corrected chi connectivity index (χ4v) is 2.80. The fraction of sp³-hybridized carbons (Fsp3) is 0.529. The molecule has 1 aromatic carbocycles. The lowest BCUT2D eigenvalue weighted by atomic mass is 10.1.